The van der Waals surface area contributed by atoms with E-state index in [1.54, 1.807) is 0 Å². The van der Waals surface area contributed by atoms with Crippen molar-refractivity contribution < 1.29 is 9.90 Å². The Balaban J connectivity index is 2.25. The second-order valence-corrected chi connectivity index (χ2v) is 5.18. The minimum absolute atomic E-state index is 0.151. The highest BCUT2D eigenvalue weighted by Gasteiger charge is 2.25. The summed E-state index contributed by atoms with van der Waals surface area (Å²) in [6.07, 6.45) is 4.47. The molecular weight excluding hydrogens is 282 g/mol. The van der Waals surface area contributed by atoms with Crippen LogP contribution < -0.4 is 4.90 Å². The molecular formula is C13H16BrNO2. The van der Waals surface area contributed by atoms with Gasteiger partial charge in [-0.1, -0.05) is 0 Å². The molecule has 0 unspecified atom stereocenters. The molecule has 1 aromatic rings. The van der Waals surface area contributed by atoms with E-state index in [0.29, 0.717) is 18.2 Å². The van der Waals surface area contributed by atoms with Gasteiger partial charge in [-0.2, -0.15) is 0 Å². The van der Waals surface area contributed by atoms with Gasteiger partial charge in [0, 0.05) is 22.6 Å². The fraction of sp³-hybridized carbons (Fsp3) is 0.462. The molecule has 0 atom stereocenters. The van der Waals surface area contributed by atoms with Crippen LogP contribution in [0, 0.1) is 0 Å². The molecule has 92 valence electrons. The van der Waals surface area contributed by atoms with Crippen LogP contribution in [-0.2, 0) is 0 Å². The molecule has 3 nitrogen and oxygen atoms in total. The van der Waals surface area contributed by atoms with E-state index in [1.807, 2.05) is 18.2 Å². The van der Waals surface area contributed by atoms with Crippen LogP contribution in [0.1, 0.15) is 29.6 Å². The molecule has 0 aliphatic heterocycles. The van der Waals surface area contributed by atoms with Crippen molar-refractivity contribution in [2.75, 3.05) is 18.1 Å². The highest BCUT2D eigenvalue weighted by Crippen LogP contribution is 2.34. The van der Waals surface area contributed by atoms with Crippen molar-refractivity contribution in [2.24, 2.45) is 0 Å². The lowest BCUT2D eigenvalue weighted by atomic mass is 9.91. The fourth-order valence-corrected chi connectivity index (χ4v) is 2.76. The van der Waals surface area contributed by atoms with Gasteiger partial charge in [-0.25, -0.2) is 0 Å². The Morgan fingerprint density at radius 3 is 2.71 bits per heavy atom. The van der Waals surface area contributed by atoms with Gasteiger partial charge in [-0.3, -0.25) is 4.79 Å². The predicted molar refractivity (Wildman–Crippen MR) is 71.6 cm³/mol. The molecule has 17 heavy (non-hydrogen) atoms. The summed E-state index contributed by atoms with van der Waals surface area (Å²) in [7, 11) is 0. The third-order valence-corrected chi connectivity index (χ3v) is 3.91. The first-order valence-corrected chi connectivity index (χ1v) is 6.68. The van der Waals surface area contributed by atoms with Crippen LogP contribution in [-0.4, -0.2) is 30.6 Å². The van der Waals surface area contributed by atoms with Crippen LogP contribution >= 0.6 is 15.9 Å². The van der Waals surface area contributed by atoms with Gasteiger partial charge in [0.15, 0.2) is 0 Å². The van der Waals surface area contributed by atoms with Crippen LogP contribution in [0.15, 0.2) is 22.7 Å². The topological polar surface area (TPSA) is 40.5 Å². The van der Waals surface area contributed by atoms with Gasteiger partial charge in [0.05, 0.1) is 12.3 Å². The SMILES string of the molecule is O=Cc1ccc(N(CCO)C2CCC2)c(Br)c1. The van der Waals surface area contributed by atoms with Crippen molar-refractivity contribution in [3.8, 4) is 0 Å². The molecule has 1 aliphatic rings. The van der Waals surface area contributed by atoms with E-state index < -0.39 is 0 Å². The summed E-state index contributed by atoms with van der Waals surface area (Å²) in [4.78, 5) is 12.9. The van der Waals surface area contributed by atoms with Crippen LogP contribution in [0.4, 0.5) is 5.69 Å². The summed E-state index contributed by atoms with van der Waals surface area (Å²) in [5.74, 6) is 0. The number of halogens is 1. The van der Waals surface area contributed by atoms with E-state index in [9.17, 15) is 4.79 Å². The molecule has 1 aliphatic carbocycles. The molecule has 1 aromatic carbocycles. The monoisotopic (exact) mass is 297 g/mol. The van der Waals surface area contributed by atoms with E-state index in [4.69, 9.17) is 5.11 Å². The van der Waals surface area contributed by atoms with E-state index >= 15 is 0 Å². The third-order valence-electron chi connectivity index (χ3n) is 3.27. The average molecular weight is 298 g/mol. The molecule has 0 spiro atoms. The fourth-order valence-electron chi connectivity index (χ4n) is 2.14. The van der Waals surface area contributed by atoms with Crippen LogP contribution in [0.3, 0.4) is 0 Å². The van der Waals surface area contributed by atoms with Gasteiger partial charge >= 0.3 is 0 Å². The van der Waals surface area contributed by atoms with Crippen LogP contribution in [0.2, 0.25) is 0 Å². The Morgan fingerprint density at radius 1 is 1.47 bits per heavy atom. The quantitative estimate of drug-likeness (QED) is 0.850. The van der Waals surface area contributed by atoms with Gasteiger partial charge < -0.3 is 10.0 Å². The molecule has 0 saturated heterocycles. The van der Waals surface area contributed by atoms with E-state index in [0.717, 1.165) is 16.4 Å². The van der Waals surface area contributed by atoms with Crippen molar-refractivity contribution in [3.63, 3.8) is 0 Å². The standard InChI is InChI=1S/C13H16BrNO2/c14-12-8-10(9-17)4-5-13(12)15(6-7-16)11-2-1-3-11/h4-5,8-9,11,16H,1-3,6-7H2. The normalized spacial score (nSPS) is 15.4. The number of carbonyl (C=O) groups is 1. The molecule has 1 saturated carbocycles. The Morgan fingerprint density at radius 2 is 2.24 bits per heavy atom. The summed E-state index contributed by atoms with van der Waals surface area (Å²) >= 11 is 3.50. The van der Waals surface area contributed by atoms with Crippen molar-refractivity contribution >= 4 is 27.9 Å². The highest BCUT2D eigenvalue weighted by molar-refractivity contribution is 9.10. The lowest BCUT2D eigenvalue weighted by molar-refractivity contribution is 0.112. The smallest absolute Gasteiger partial charge is 0.150 e. The Bertz CT molecular complexity index is 404. The van der Waals surface area contributed by atoms with Crippen molar-refractivity contribution in [3.05, 3.63) is 28.2 Å². The number of aldehydes is 1. The molecule has 0 radical (unpaired) electrons. The molecule has 1 fully saturated rings. The second-order valence-electron chi connectivity index (χ2n) is 4.33. The highest BCUT2D eigenvalue weighted by atomic mass is 79.9. The van der Waals surface area contributed by atoms with Crippen LogP contribution in [0.5, 0.6) is 0 Å². The number of aliphatic hydroxyl groups is 1. The number of rotatable bonds is 5. The first kappa shape index (κ1) is 12.6. The number of benzene rings is 1. The Labute approximate surface area is 110 Å². The maximum atomic E-state index is 10.7. The lowest BCUT2D eigenvalue weighted by Gasteiger charge is -2.39. The zero-order valence-electron chi connectivity index (χ0n) is 9.60. The maximum Gasteiger partial charge on any atom is 0.150 e. The molecule has 2 rings (SSSR count). The zero-order chi connectivity index (χ0) is 12.3. The minimum Gasteiger partial charge on any atom is -0.395 e. The summed E-state index contributed by atoms with van der Waals surface area (Å²) in [6.45, 7) is 0.794. The largest absolute Gasteiger partial charge is 0.395 e. The van der Waals surface area contributed by atoms with Gasteiger partial charge in [-0.15, -0.1) is 0 Å². The molecule has 0 heterocycles. The van der Waals surface area contributed by atoms with Gasteiger partial charge in [0.25, 0.3) is 0 Å². The van der Waals surface area contributed by atoms with Crippen molar-refractivity contribution in [1.29, 1.82) is 0 Å². The van der Waals surface area contributed by atoms with E-state index in [-0.39, 0.29) is 6.61 Å². The lowest BCUT2D eigenvalue weighted by Crippen LogP contribution is -2.42. The number of aliphatic hydroxyl groups excluding tert-OH is 1. The van der Waals surface area contributed by atoms with E-state index in [1.165, 1.54) is 19.3 Å². The summed E-state index contributed by atoms with van der Waals surface area (Å²) in [6, 6.07) is 6.11. The minimum atomic E-state index is 0.151. The second kappa shape index (κ2) is 5.65. The van der Waals surface area contributed by atoms with Gasteiger partial charge in [0.2, 0.25) is 0 Å². The van der Waals surface area contributed by atoms with Gasteiger partial charge in [0.1, 0.15) is 6.29 Å². The molecule has 4 heteroatoms. The Hall–Kier alpha value is -0.870. The van der Waals surface area contributed by atoms with Crippen LogP contribution in [0.25, 0.3) is 0 Å². The molecule has 0 aromatic heterocycles. The summed E-state index contributed by atoms with van der Waals surface area (Å²) in [5.41, 5.74) is 1.73. The van der Waals surface area contributed by atoms with Gasteiger partial charge in [-0.05, 0) is 53.4 Å². The Kier molecular flexibility index (Phi) is 4.18. The molecule has 0 amide bonds. The molecule has 0 bridgehead atoms. The number of hydrogen-bond donors (Lipinski definition) is 1. The average Bonchev–Trinajstić information content (AvgIpc) is 2.26. The predicted octanol–water partition coefficient (Wildman–Crippen LogP) is 2.61. The summed E-state index contributed by atoms with van der Waals surface area (Å²) < 4.78 is 0.919. The van der Waals surface area contributed by atoms with E-state index in [2.05, 4.69) is 20.8 Å². The number of nitrogens with zero attached hydrogens (tertiary/aromatic N) is 1. The third kappa shape index (κ3) is 2.69. The number of hydrogen-bond acceptors (Lipinski definition) is 3. The van der Waals surface area contributed by atoms with Crippen molar-refractivity contribution in [2.45, 2.75) is 25.3 Å². The maximum absolute atomic E-state index is 10.7. The zero-order valence-corrected chi connectivity index (χ0v) is 11.2. The first-order chi connectivity index (χ1) is 8.26. The number of carbonyl (C=O) groups excluding carboxylic acids is 1. The summed E-state index contributed by atoms with van der Waals surface area (Å²) in [5, 5.41) is 9.15. The number of anilines is 1. The first-order valence-electron chi connectivity index (χ1n) is 5.88. The van der Waals surface area contributed by atoms with Crippen molar-refractivity contribution in [1.82, 2.24) is 0 Å². The molecule has 1 N–H and O–H groups in total.